The molecule has 2 saturated carbocycles. The second-order valence-electron chi connectivity index (χ2n) is 10.3. The van der Waals surface area contributed by atoms with E-state index in [-0.39, 0.29) is 23.7 Å². The molecule has 6 nitrogen and oxygen atoms in total. The molecule has 170 valence electrons. The van der Waals surface area contributed by atoms with Gasteiger partial charge in [-0.2, -0.15) is 0 Å². The molecule has 1 aromatic rings. The number of nitrogens with one attached hydrogen (secondary N) is 3. The van der Waals surface area contributed by atoms with Gasteiger partial charge in [0.25, 0.3) is 5.91 Å². The van der Waals surface area contributed by atoms with Gasteiger partial charge in [0, 0.05) is 17.9 Å². The number of carbonyl (C=O) groups excluding carboxylic acids is 1. The predicted octanol–water partition coefficient (Wildman–Crippen LogP) is 2.42. The predicted molar refractivity (Wildman–Crippen MR) is 121 cm³/mol. The Labute approximate surface area is 188 Å². The summed E-state index contributed by atoms with van der Waals surface area (Å²) in [4.78, 5) is 15.6. The molecule has 0 bridgehead atoms. The van der Waals surface area contributed by atoms with Gasteiger partial charge in [0.15, 0.2) is 0 Å². The Kier molecular flexibility index (Phi) is 5.59. The number of hydrogen-bond acceptors (Lipinski definition) is 6. The van der Waals surface area contributed by atoms with Gasteiger partial charge < -0.3 is 25.4 Å². The highest BCUT2D eigenvalue weighted by molar-refractivity contribution is 7.14. The minimum absolute atomic E-state index is 0.0814. The van der Waals surface area contributed by atoms with Gasteiger partial charge in [0.1, 0.15) is 0 Å². The summed E-state index contributed by atoms with van der Waals surface area (Å²) in [5, 5.41) is 10.4. The van der Waals surface area contributed by atoms with Crippen molar-refractivity contribution < 1.29 is 14.3 Å². The van der Waals surface area contributed by atoms with Crippen LogP contribution >= 0.6 is 11.3 Å². The maximum atomic E-state index is 13.4. The minimum Gasteiger partial charge on any atom is -0.376 e. The van der Waals surface area contributed by atoms with E-state index in [0.29, 0.717) is 11.8 Å². The molecule has 1 spiro atoms. The molecule has 0 unspecified atom stereocenters. The second kappa shape index (κ2) is 8.41. The van der Waals surface area contributed by atoms with Crippen molar-refractivity contribution in [3.8, 4) is 0 Å². The number of rotatable bonds is 5. The lowest BCUT2D eigenvalue weighted by Gasteiger charge is -2.40. The Morgan fingerprint density at radius 3 is 2.81 bits per heavy atom. The molecule has 31 heavy (non-hydrogen) atoms. The number of carbonyl (C=O) groups is 1. The molecular formula is C24H35N3O3S. The quantitative estimate of drug-likeness (QED) is 0.649. The second-order valence-corrected chi connectivity index (χ2v) is 11.5. The maximum absolute atomic E-state index is 13.4. The van der Waals surface area contributed by atoms with E-state index in [9.17, 15) is 4.79 Å². The molecule has 0 radical (unpaired) electrons. The lowest BCUT2D eigenvalue weighted by Crippen LogP contribution is -2.50. The molecule has 0 aromatic carbocycles. The lowest BCUT2D eigenvalue weighted by molar-refractivity contribution is -0.0792. The average molecular weight is 446 g/mol. The van der Waals surface area contributed by atoms with E-state index in [0.717, 1.165) is 82.3 Å². The number of piperidine rings is 1. The van der Waals surface area contributed by atoms with Gasteiger partial charge in [-0.25, -0.2) is 0 Å². The largest absolute Gasteiger partial charge is 0.376 e. The van der Waals surface area contributed by atoms with Crippen LogP contribution in [0.5, 0.6) is 0 Å². The highest BCUT2D eigenvalue weighted by atomic mass is 32.1. The fourth-order valence-electron chi connectivity index (χ4n) is 6.17. The summed E-state index contributed by atoms with van der Waals surface area (Å²) in [5.41, 5.74) is 1.10. The summed E-state index contributed by atoms with van der Waals surface area (Å²) in [6.07, 6.45) is 7.77. The average Bonchev–Trinajstić information content (AvgIpc) is 3.31. The first kappa shape index (κ1) is 20.6. The van der Waals surface area contributed by atoms with E-state index >= 15 is 0 Å². The minimum atomic E-state index is -0.183. The van der Waals surface area contributed by atoms with Gasteiger partial charge in [-0.15, -0.1) is 11.3 Å². The summed E-state index contributed by atoms with van der Waals surface area (Å²) in [7, 11) is 0. The van der Waals surface area contributed by atoms with E-state index in [1.54, 1.807) is 11.3 Å². The first-order valence-electron chi connectivity index (χ1n) is 12.3. The van der Waals surface area contributed by atoms with Crippen molar-refractivity contribution in [1.82, 2.24) is 16.0 Å². The molecule has 5 aliphatic rings. The smallest absolute Gasteiger partial charge is 0.261 e. The standard InChI is InChI=1S/C24H35N3O3S/c28-23(22-11-18-21(31-22)3-8-30-24(18)4-6-25-7-5-24)27-19-9-16-12-26-13-17(16)10-20(19)29-14-15-1-2-15/h11,15-17,19-20,25-26H,1-10,12-14H2,(H,27,28)/t16-,17+,19-,20-/m0/s1. The highest BCUT2D eigenvalue weighted by Crippen LogP contribution is 2.44. The van der Waals surface area contributed by atoms with Gasteiger partial charge in [-0.3, -0.25) is 4.79 Å². The Hall–Kier alpha value is -0.990. The van der Waals surface area contributed by atoms with Crippen LogP contribution < -0.4 is 16.0 Å². The van der Waals surface area contributed by atoms with Crippen LogP contribution in [0, 0.1) is 17.8 Å². The zero-order chi connectivity index (χ0) is 20.8. The third-order valence-corrected chi connectivity index (χ3v) is 9.42. The van der Waals surface area contributed by atoms with E-state index in [1.807, 2.05) is 0 Å². The van der Waals surface area contributed by atoms with Crippen LogP contribution in [0.3, 0.4) is 0 Å². The molecule has 7 heteroatoms. The molecular weight excluding hydrogens is 410 g/mol. The van der Waals surface area contributed by atoms with Crippen LogP contribution in [0.15, 0.2) is 6.07 Å². The van der Waals surface area contributed by atoms with Gasteiger partial charge in [-0.1, -0.05) is 0 Å². The molecule has 2 aliphatic carbocycles. The fraction of sp³-hybridized carbons (Fsp3) is 0.792. The Balaban J connectivity index is 1.18. The zero-order valence-corrected chi connectivity index (χ0v) is 19.1. The summed E-state index contributed by atoms with van der Waals surface area (Å²) < 4.78 is 12.7. The molecule has 4 atom stereocenters. The number of ether oxygens (including phenoxy) is 2. The first-order chi connectivity index (χ1) is 15.2. The number of hydrogen-bond donors (Lipinski definition) is 3. The molecule has 2 saturated heterocycles. The van der Waals surface area contributed by atoms with Crippen molar-refractivity contribution in [2.45, 2.75) is 62.7 Å². The third-order valence-electron chi connectivity index (χ3n) is 8.22. The van der Waals surface area contributed by atoms with E-state index in [4.69, 9.17) is 9.47 Å². The molecule has 1 amide bonds. The Morgan fingerprint density at radius 2 is 2.00 bits per heavy atom. The summed E-state index contributed by atoms with van der Waals surface area (Å²) in [6.45, 7) is 5.77. The fourth-order valence-corrected chi connectivity index (χ4v) is 7.31. The summed E-state index contributed by atoms with van der Waals surface area (Å²) in [5.74, 6) is 2.19. The Morgan fingerprint density at radius 1 is 1.19 bits per heavy atom. The van der Waals surface area contributed by atoms with Gasteiger partial charge in [-0.05, 0) is 94.1 Å². The van der Waals surface area contributed by atoms with Gasteiger partial charge in [0.05, 0.1) is 29.2 Å². The summed E-state index contributed by atoms with van der Waals surface area (Å²) in [6, 6.07) is 2.26. The van der Waals surface area contributed by atoms with Crippen molar-refractivity contribution in [1.29, 1.82) is 0 Å². The third kappa shape index (κ3) is 4.08. The normalized spacial score (nSPS) is 34.3. The maximum Gasteiger partial charge on any atom is 0.261 e. The molecule has 4 heterocycles. The van der Waals surface area contributed by atoms with Crippen LogP contribution in [-0.2, 0) is 21.5 Å². The molecule has 3 N–H and O–H groups in total. The topological polar surface area (TPSA) is 71.6 Å². The molecule has 3 aliphatic heterocycles. The SMILES string of the molecule is O=C(N[C@H]1C[C@H]2CNC[C@H]2C[C@@H]1OCC1CC1)c1cc2c(s1)CCOC21CCNCC1. The highest BCUT2D eigenvalue weighted by Gasteiger charge is 2.43. The monoisotopic (exact) mass is 445 g/mol. The van der Waals surface area contributed by atoms with Crippen LogP contribution in [-0.4, -0.2) is 57.4 Å². The number of amides is 1. The molecule has 4 fully saturated rings. The van der Waals surface area contributed by atoms with Crippen LogP contribution in [0.2, 0.25) is 0 Å². The van der Waals surface area contributed by atoms with Crippen molar-refractivity contribution in [2.75, 3.05) is 39.4 Å². The van der Waals surface area contributed by atoms with Crippen LogP contribution in [0.1, 0.15) is 58.6 Å². The molecule has 6 rings (SSSR count). The Bertz CT molecular complexity index is 817. The van der Waals surface area contributed by atoms with Gasteiger partial charge >= 0.3 is 0 Å². The van der Waals surface area contributed by atoms with Crippen LogP contribution in [0.4, 0.5) is 0 Å². The van der Waals surface area contributed by atoms with E-state index < -0.39 is 0 Å². The van der Waals surface area contributed by atoms with E-state index in [1.165, 1.54) is 23.3 Å². The van der Waals surface area contributed by atoms with Crippen LogP contribution in [0.25, 0.3) is 0 Å². The molecule has 1 aromatic heterocycles. The number of fused-ring (bicyclic) bond motifs is 3. The number of thiophene rings is 1. The van der Waals surface area contributed by atoms with Gasteiger partial charge in [0.2, 0.25) is 0 Å². The van der Waals surface area contributed by atoms with Crippen molar-refractivity contribution in [3.63, 3.8) is 0 Å². The van der Waals surface area contributed by atoms with Crippen molar-refractivity contribution in [2.24, 2.45) is 17.8 Å². The van der Waals surface area contributed by atoms with Crippen molar-refractivity contribution >= 4 is 17.2 Å². The van der Waals surface area contributed by atoms with Crippen molar-refractivity contribution in [3.05, 3.63) is 21.4 Å². The zero-order valence-electron chi connectivity index (χ0n) is 18.3. The van der Waals surface area contributed by atoms with E-state index in [2.05, 4.69) is 22.0 Å². The lowest BCUT2D eigenvalue weighted by atomic mass is 9.77. The summed E-state index contributed by atoms with van der Waals surface area (Å²) >= 11 is 1.68. The first-order valence-corrected chi connectivity index (χ1v) is 13.1.